The van der Waals surface area contributed by atoms with E-state index in [1.165, 1.54) is 6.20 Å². The molecule has 2 aromatic rings. The van der Waals surface area contributed by atoms with Gasteiger partial charge in [-0.05, 0) is 43.7 Å². The van der Waals surface area contributed by atoms with Crippen molar-refractivity contribution >= 4 is 10.0 Å². The Balaban J connectivity index is 1.70. The zero-order valence-corrected chi connectivity index (χ0v) is 15.4. The van der Waals surface area contributed by atoms with Crippen molar-refractivity contribution < 1.29 is 22.3 Å². The molecule has 3 rings (SSSR count). The third-order valence-electron chi connectivity index (χ3n) is 4.18. The van der Waals surface area contributed by atoms with E-state index < -0.39 is 33.4 Å². The lowest BCUT2D eigenvalue weighted by Crippen LogP contribution is -2.47. The molecule has 140 valence electrons. The van der Waals surface area contributed by atoms with Crippen LogP contribution in [0.3, 0.4) is 0 Å². The van der Waals surface area contributed by atoms with Crippen LogP contribution in [-0.4, -0.2) is 44.0 Å². The lowest BCUT2D eigenvalue weighted by atomic mass is 10.1. The number of hydrogen-bond donors (Lipinski definition) is 1. The predicted molar refractivity (Wildman–Crippen MR) is 95.8 cm³/mol. The van der Waals surface area contributed by atoms with Crippen molar-refractivity contribution in [1.82, 2.24) is 9.71 Å². The molecule has 2 heterocycles. The Bertz CT molecular complexity index is 856. The first-order valence-corrected chi connectivity index (χ1v) is 9.88. The molecule has 1 N–H and O–H groups in total. The topological polar surface area (TPSA) is 77.5 Å². The van der Waals surface area contributed by atoms with Gasteiger partial charge in [-0.15, -0.1) is 0 Å². The normalized spacial score (nSPS) is 20.5. The molecular formula is C18H21FN2O4S. The number of ether oxygens (including phenoxy) is 2. The first-order chi connectivity index (χ1) is 12.4. The number of pyridine rings is 1. The third-order valence-corrected chi connectivity index (χ3v) is 6.05. The van der Waals surface area contributed by atoms with Crippen molar-refractivity contribution in [3.63, 3.8) is 0 Å². The molecule has 1 fully saturated rings. The van der Waals surface area contributed by atoms with Gasteiger partial charge >= 0.3 is 0 Å². The molecule has 1 saturated heterocycles. The zero-order valence-electron chi connectivity index (χ0n) is 14.6. The molecule has 0 bridgehead atoms. The maximum Gasteiger partial charge on any atom is 0.220 e. The van der Waals surface area contributed by atoms with Crippen LogP contribution in [0.1, 0.15) is 13.8 Å². The lowest BCUT2D eigenvalue weighted by molar-refractivity contribution is 0.140. The number of halogens is 1. The van der Waals surface area contributed by atoms with Crippen LogP contribution in [0.2, 0.25) is 0 Å². The number of aromatic nitrogens is 1. The van der Waals surface area contributed by atoms with E-state index in [4.69, 9.17) is 9.47 Å². The van der Waals surface area contributed by atoms with Gasteiger partial charge in [-0.25, -0.2) is 18.1 Å². The summed E-state index contributed by atoms with van der Waals surface area (Å²) in [6.07, 6.45) is 0.971. The average Bonchev–Trinajstić information content (AvgIpc) is 3.02. The van der Waals surface area contributed by atoms with Crippen LogP contribution >= 0.6 is 0 Å². The second kappa shape index (κ2) is 7.69. The van der Waals surface area contributed by atoms with Gasteiger partial charge in [0.25, 0.3) is 0 Å². The molecule has 1 aromatic carbocycles. The van der Waals surface area contributed by atoms with Crippen LogP contribution < -0.4 is 9.46 Å². The van der Waals surface area contributed by atoms with Crippen LogP contribution in [0, 0.1) is 5.95 Å². The van der Waals surface area contributed by atoms with Crippen molar-refractivity contribution in [2.45, 2.75) is 31.2 Å². The van der Waals surface area contributed by atoms with Gasteiger partial charge in [0.1, 0.15) is 11.9 Å². The van der Waals surface area contributed by atoms with Crippen LogP contribution in [0.5, 0.6) is 5.75 Å². The number of rotatable bonds is 6. The van der Waals surface area contributed by atoms with Crippen molar-refractivity contribution in [3.05, 3.63) is 48.5 Å². The van der Waals surface area contributed by atoms with Crippen LogP contribution in [-0.2, 0) is 14.8 Å². The van der Waals surface area contributed by atoms with E-state index in [9.17, 15) is 12.8 Å². The third kappa shape index (κ3) is 4.20. The lowest BCUT2D eigenvalue weighted by Gasteiger charge is -2.21. The standard InChI is InChI=1S/C18H21FN2O4S/c1-12(2)26(22,23)21-16-10-24-11-17(16)25-14-7-5-13(6-8-14)15-4-3-9-20-18(15)19/h3-9,12,16-17,21H,10-11H2,1-2H3. The fourth-order valence-electron chi connectivity index (χ4n) is 2.60. The molecule has 0 aliphatic carbocycles. The van der Waals surface area contributed by atoms with Gasteiger partial charge in [0.15, 0.2) is 0 Å². The van der Waals surface area contributed by atoms with Gasteiger partial charge < -0.3 is 9.47 Å². The zero-order chi connectivity index (χ0) is 18.7. The van der Waals surface area contributed by atoms with E-state index in [1.807, 2.05) is 0 Å². The van der Waals surface area contributed by atoms with E-state index in [2.05, 4.69) is 9.71 Å². The SMILES string of the molecule is CC(C)S(=O)(=O)NC1COCC1Oc1ccc(-c2cccnc2F)cc1. The van der Waals surface area contributed by atoms with E-state index in [1.54, 1.807) is 50.2 Å². The predicted octanol–water partition coefficient (Wildman–Crippen LogP) is 2.36. The summed E-state index contributed by atoms with van der Waals surface area (Å²) in [4.78, 5) is 3.64. The molecule has 8 heteroatoms. The minimum absolute atomic E-state index is 0.260. The average molecular weight is 380 g/mol. The smallest absolute Gasteiger partial charge is 0.220 e. The van der Waals surface area contributed by atoms with E-state index in [0.29, 0.717) is 23.5 Å². The molecule has 1 aliphatic heterocycles. The summed E-state index contributed by atoms with van der Waals surface area (Å²) in [6.45, 7) is 3.79. The highest BCUT2D eigenvalue weighted by Gasteiger charge is 2.34. The molecule has 1 aliphatic rings. The van der Waals surface area contributed by atoms with E-state index >= 15 is 0 Å². The highest BCUT2D eigenvalue weighted by atomic mass is 32.2. The van der Waals surface area contributed by atoms with E-state index in [0.717, 1.165) is 0 Å². The Morgan fingerprint density at radius 2 is 1.96 bits per heavy atom. The van der Waals surface area contributed by atoms with Crippen LogP contribution in [0.4, 0.5) is 4.39 Å². The van der Waals surface area contributed by atoms with Crippen molar-refractivity contribution in [1.29, 1.82) is 0 Å². The van der Waals surface area contributed by atoms with Gasteiger partial charge in [-0.2, -0.15) is 4.39 Å². The van der Waals surface area contributed by atoms with Gasteiger partial charge in [-0.1, -0.05) is 12.1 Å². The minimum Gasteiger partial charge on any atom is -0.486 e. The molecule has 6 nitrogen and oxygen atoms in total. The molecular weight excluding hydrogens is 359 g/mol. The molecule has 2 unspecified atom stereocenters. The number of benzene rings is 1. The number of nitrogens with one attached hydrogen (secondary N) is 1. The molecule has 1 aromatic heterocycles. The highest BCUT2D eigenvalue weighted by Crippen LogP contribution is 2.25. The van der Waals surface area contributed by atoms with Crippen molar-refractivity contribution in [2.75, 3.05) is 13.2 Å². The van der Waals surface area contributed by atoms with Crippen LogP contribution in [0.15, 0.2) is 42.6 Å². The molecule has 26 heavy (non-hydrogen) atoms. The monoisotopic (exact) mass is 380 g/mol. The van der Waals surface area contributed by atoms with Crippen molar-refractivity contribution in [2.24, 2.45) is 0 Å². The summed E-state index contributed by atoms with van der Waals surface area (Å²) in [5, 5.41) is -0.530. The summed E-state index contributed by atoms with van der Waals surface area (Å²) in [5.74, 6) is 0.0239. The highest BCUT2D eigenvalue weighted by molar-refractivity contribution is 7.90. The maximum atomic E-state index is 13.8. The number of sulfonamides is 1. The first-order valence-electron chi connectivity index (χ1n) is 8.33. The Kier molecular flexibility index (Phi) is 5.55. The second-order valence-corrected chi connectivity index (χ2v) is 8.65. The number of nitrogens with zero attached hydrogens (tertiary/aromatic N) is 1. The van der Waals surface area contributed by atoms with Crippen molar-refractivity contribution in [3.8, 4) is 16.9 Å². The summed E-state index contributed by atoms with van der Waals surface area (Å²) < 4.78 is 51.7. The Morgan fingerprint density at radius 1 is 1.23 bits per heavy atom. The minimum atomic E-state index is -3.41. The quantitative estimate of drug-likeness (QED) is 0.779. The fraction of sp³-hybridized carbons (Fsp3) is 0.389. The maximum absolute atomic E-state index is 13.8. The van der Waals surface area contributed by atoms with Gasteiger partial charge in [0.2, 0.25) is 16.0 Å². The summed E-state index contributed by atoms with van der Waals surface area (Å²) in [6, 6.07) is 9.78. The molecule has 0 radical (unpaired) electrons. The molecule has 0 saturated carbocycles. The summed E-state index contributed by atoms with van der Waals surface area (Å²) in [5.41, 5.74) is 1.09. The Morgan fingerprint density at radius 3 is 2.62 bits per heavy atom. The van der Waals surface area contributed by atoms with E-state index in [-0.39, 0.29) is 6.61 Å². The fourth-order valence-corrected chi connectivity index (χ4v) is 3.51. The Hall–Kier alpha value is -2.03. The number of hydrogen-bond acceptors (Lipinski definition) is 5. The van der Waals surface area contributed by atoms with Gasteiger partial charge in [0, 0.05) is 11.8 Å². The summed E-state index contributed by atoms with van der Waals surface area (Å²) in [7, 11) is -3.41. The van der Waals surface area contributed by atoms with Gasteiger partial charge in [0.05, 0.1) is 24.5 Å². The molecule has 0 spiro atoms. The first kappa shape index (κ1) is 18.8. The van der Waals surface area contributed by atoms with Crippen LogP contribution in [0.25, 0.3) is 11.1 Å². The summed E-state index contributed by atoms with van der Waals surface area (Å²) >= 11 is 0. The molecule has 0 amide bonds. The Labute approximate surface area is 152 Å². The second-order valence-electron chi connectivity index (χ2n) is 6.38. The molecule has 2 atom stereocenters. The largest absolute Gasteiger partial charge is 0.486 e. The van der Waals surface area contributed by atoms with Gasteiger partial charge in [-0.3, -0.25) is 0 Å².